The number of hydrogen-bond donors (Lipinski definition) is 3. The lowest BCUT2D eigenvalue weighted by Crippen LogP contribution is -2.28. The van der Waals surface area contributed by atoms with Crippen molar-refractivity contribution in [3.8, 4) is 0 Å². The number of carbonyl (C=O) groups excluding carboxylic acids is 2. The maximum Gasteiger partial charge on any atom is 0.472 e. The lowest BCUT2D eigenvalue weighted by atomic mass is 10.1. The Labute approximate surface area is 260 Å². The van der Waals surface area contributed by atoms with Crippen molar-refractivity contribution in [2.45, 2.75) is 154 Å². The summed E-state index contributed by atoms with van der Waals surface area (Å²) in [5.74, 6) is -1.04. The van der Waals surface area contributed by atoms with Gasteiger partial charge in [0.25, 0.3) is 0 Å². The van der Waals surface area contributed by atoms with Crippen LogP contribution in [0.2, 0.25) is 0 Å². The maximum absolute atomic E-state index is 12.2. The highest BCUT2D eigenvalue weighted by Crippen LogP contribution is 2.43. The van der Waals surface area contributed by atoms with Gasteiger partial charge in [0.15, 0.2) is 0 Å². The second-order valence-electron chi connectivity index (χ2n) is 11.1. The van der Waals surface area contributed by atoms with Crippen LogP contribution in [0.5, 0.6) is 0 Å². The summed E-state index contributed by atoms with van der Waals surface area (Å²) in [5, 5.41) is 18.9. The monoisotopic (exact) mass is 636 g/mol. The van der Waals surface area contributed by atoms with Gasteiger partial charge in [0, 0.05) is 12.8 Å². The fourth-order valence-corrected chi connectivity index (χ4v) is 5.13. The van der Waals surface area contributed by atoms with E-state index in [0.717, 1.165) is 51.4 Å². The third-order valence-electron chi connectivity index (χ3n) is 6.98. The van der Waals surface area contributed by atoms with Gasteiger partial charge < -0.3 is 24.6 Å². The fourth-order valence-electron chi connectivity index (χ4n) is 4.34. The van der Waals surface area contributed by atoms with Crippen LogP contribution in [0, 0.1) is 0 Å². The number of aliphatic hydroxyl groups excluding tert-OH is 2. The van der Waals surface area contributed by atoms with Gasteiger partial charge in [-0.2, -0.15) is 0 Å². The summed E-state index contributed by atoms with van der Waals surface area (Å²) in [6.07, 6.45) is 22.7. The van der Waals surface area contributed by atoms with Gasteiger partial charge in [0.1, 0.15) is 12.2 Å². The van der Waals surface area contributed by atoms with E-state index in [9.17, 15) is 29.3 Å². The summed E-state index contributed by atoms with van der Waals surface area (Å²) in [5.41, 5.74) is 0. The zero-order valence-electron chi connectivity index (χ0n) is 26.9. The molecule has 0 rings (SSSR count). The van der Waals surface area contributed by atoms with Crippen LogP contribution in [0.15, 0.2) is 12.2 Å². The van der Waals surface area contributed by atoms with Crippen molar-refractivity contribution in [1.29, 1.82) is 0 Å². The molecule has 3 N–H and O–H groups in total. The molecule has 0 saturated heterocycles. The molecule has 0 bridgehead atoms. The smallest absolute Gasteiger partial charge is 0.457 e. The molecule has 11 heteroatoms. The molecule has 43 heavy (non-hydrogen) atoms. The SMILES string of the molecule is CCCCCCCCC/C=C\CCCCCCCC(=O)OC(CO)COP(=O)(O)OCC(CO)OC(=O)CCCCCC. The molecule has 0 saturated carbocycles. The number of hydrogen-bond acceptors (Lipinski definition) is 9. The average molecular weight is 637 g/mol. The van der Waals surface area contributed by atoms with E-state index in [1.54, 1.807) is 0 Å². The van der Waals surface area contributed by atoms with Crippen LogP contribution >= 0.6 is 7.82 Å². The van der Waals surface area contributed by atoms with Crippen LogP contribution in [0.1, 0.15) is 142 Å². The average Bonchev–Trinajstić information content (AvgIpc) is 2.99. The van der Waals surface area contributed by atoms with Gasteiger partial charge in [-0.25, -0.2) is 4.57 Å². The summed E-state index contributed by atoms with van der Waals surface area (Å²) in [6, 6.07) is 0. The first kappa shape index (κ1) is 41.7. The van der Waals surface area contributed by atoms with E-state index in [-0.39, 0.29) is 12.8 Å². The van der Waals surface area contributed by atoms with E-state index < -0.39 is 58.4 Å². The van der Waals surface area contributed by atoms with Crippen LogP contribution in [-0.2, 0) is 32.7 Å². The van der Waals surface area contributed by atoms with Gasteiger partial charge in [0.2, 0.25) is 0 Å². The first-order valence-corrected chi connectivity index (χ1v) is 18.1. The molecule has 3 atom stereocenters. The molecule has 0 aromatic rings. The Morgan fingerprint density at radius 1 is 0.605 bits per heavy atom. The number of aliphatic hydroxyl groups is 2. The summed E-state index contributed by atoms with van der Waals surface area (Å²) in [4.78, 5) is 33.9. The number of rotatable bonds is 31. The molecule has 0 aromatic carbocycles. The molecule has 254 valence electrons. The molecule has 0 aliphatic heterocycles. The van der Waals surface area contributed by atoms with Crippen LogP contribution in [0.4, 0.5) is 0 Å². The lowest BCUT2D eigenvalue weighted by molar-refractivity contribution is -0.153. The molecule has 0 fully saturated rings. The number of unbranched alkanes of at least 4 members (excludes halogenated alkanes) is 15. The molecule has 0 aliphatic rings. The zero-order chi connectivity index (χ0) is 32.0. The van der Waals surface area contributed by atoms with Gasteiger partial charge in [0.05, 0.1) is 26.4 Å². The Morgan fingerprint density at radius 3 is 1.35 bits per heavy atom. The zero-order valence-corrected chi connectivity index (χ0v) is 27.8. The Morgan fingerprint density at radius 2 is 0.953 bits per heavy atom. The second-order valence-corrected chi connectivity index (χ2v) is 12.6. The first-order valence-electron chi connectivity index (χ1n) is 16.6. The first-order chi connectivity index (χ1) is 20.8. The Bertz CT molecular complexity index is 746. The van der Waals surface area contributed by atoms with Crippen LogP contribution in [-0.4, -0.2) is 65.7 Å². The van der Waals surface area contributed by atoms with Crippen molar-refractivity contribution in [2.24, 2.45) is 0 Å². The number of phosphoric ester groups is 1. The summed E-state index contributed by atoms with van der Waals surface area (Å²) in [6.45, 7) is 2.02. The summed E-state index contributed by atoms with van der Waals surface area (Å²) in [7, 11) is -4.61. The highest BCUT2D eigenvalue weighted by atomic mass is 31.2. The van der Waals surface area contributed by atoms with E-state index in [1.807, 2.05) is 0 Å². The standard InChI is InChI=1S/C32H61O10P/c1-3-5-7-9-10-11-12-13-14-15-16-17-18-19-20-22-24-32(36)42-30(26-34)28-40-43(37,38)39-27-29(25-33)41-31(35)23-21-8-6-4-2/h14-15,29-30,33-34H,3-13,16-28H2,1-2H3,(H,37,38)/b15-14-. The Kier molecular flexibility index (Phi) is 28.5. The highest BCUT2D eigenvalue weighted by molar-refractivity contribution is 7.47. The van der Waals surface area contributed by atoms with Crippen molar-refractivity contribution in [2.75, 3.05) is 26.4 Å². The molecule has 3 unspecified atom stereocenters. The molecular formula is C32H61O10P. The number of ether oxygens (including phenoxy) is 2. The molecule has 10 nitrogen and oxygen atoms in total. The van der Waals surface area contributed by atoms with Crippen LogP contribution in [0.25, 0.3) is 0 Å². The third-order valence-corrected chi connectivity index (χ3v) is 7.93. The largest absolute Gasteiger partial charge is 0.472 e. The van der Waals surface area contributed by atoms with Crippen molar-refractivity contribution in [1.82, 2.24) is 0 Å². The summed E-state index contributed by atoms with van der Waals surface area (Å²) < 4.78 is 32.0. The van der Waals surface area contributed by atoms with Gasteiger partial charge in [-0.1, -0.05) is 103 Å². The van der Waals surface area contributed by atoms with Crippen molar-refractivity contribution >= 4 is 19.8 Å². The van der Waals surface area contributed by atoms with Gasteiger partial charge >= 0.3 is 19.8 Å². The lowest BCUT2D eigenvalue weighted by Gasteiger charge is -2.20. The van der Waals surface area contributed by atoms with Crippen molar-refractivity contribution < 1.29 is 47.8 Å². The van der Waals surface area contributed by atoms with E-state index >= 15 is 0 Å². The number of carbonyl (C=O) groups is 2. The molecule has 0 amide bonds. The predicted molar refractivity (Wildman–Crippen MR) is 168 cm³/mol. The molecule has 0 heterocycles. The van der Waals surface area contributed by atoms with E-state index in [0.29, 0.717) is 12.8 Å². The van der Waals surface area contributed by atoms with Gasteiger partial charge in [-0.05, 0) is 38.5 Å². The fraction of sp³-hybridized carbons (Fsp3) is 0.875. The molecule has 0 radical (unpaired) electrons. The maximum atomic E-state index is 12.2. The van der Waals surface area contributed by atoms with E-state index in [2.05, 4.69) is 26.0 Å². The Balaban J connectivity index is 3.96. The number of phosphoric acid groups is 1. The number of allylic oxidation sites excluding steroid dienone is 2. The van der Waals surface area contributed by atoms with Gasteiger partial charge in [-0.3, -0.25) is 18.6 Å². The number of esters is 2. The minimum absolute atomic E-state index is 0.185. The molecule has 0 aromatic heterocycles. The highest BCUT2D eigenvalue weighted by Gasteiger charge is 2.27. The minimum Gasteiger partial charge on any atom is -0.457 e. The van der Waals surface area contributed by atoms with Gasteiger partial charge in [-0.15, -0.1) is 0 Å². The quantitative estimate of drug-likeness (QED) is 0.0306. The third kappa shape index (κ3) is 28.0. The normalized spacial score (nSPS) is 14.4. The van der Waals surface area contributed by atoms with Crippen molar-refractivity contribution in [3.63, 3.8) is 0 Å². The molecular weight excluding hydrogens is 575 g/mol. The van der Waals surface area contributed by atoms with Crippen molar-refractivity contribution in [3.05, 3.63) is 12.2 Å². The second kappa shape index (κ2) is 29.4. The molecule has 0 aliphatic carbocycles. The predicted octanol–water partition coefficient (Wildman–Crippen LogP) is 7.33. The van der Waals surface area contributed by atoms with E-state index in [1.165, 1.54) is 51.4 Å². The van der Waals surface area contributed by atoms with E-state index in [4.69, 9.17) is 18.5 Å². The minimum atomic E-state index is -4.61. The molecule has 0 spiro atoms. The topological polar surface area (TPSA) is 149 Å². The Hall–Kier alpha value is -1.29. The van der Waals surface area contributed by atoms with Crippen LogP contribution < -0.4 is 0 Å². The van der Waals surface area contributed by atoms with Crippen LogP contribution in [0.3, 0.4) is 0 Å². The summed E-state index contributed by atoms with van der Waals surface area (Å²) >= 11 is 0.